The average Bonchev–Trinajstić information content (AvgIpc) is 2.52. The van der Waals surface area contributed by atoms with E-state index in [0.29, 0.717) is 5.56 Å². The zero-order valence-corrected chi connectivity index (χ0v) is 12.9. The maximum absolute atomic E-state index is 11.1. The average molecular weight is 315 g/mol. The second-order valence-electron chi connectivity index (χ2n) is 5.15. The third-order valence-corrected chi connectivity index (χ3v) is 3.29. The van der Waals surface area contributed by atoms with E-state index < -0.39 is 10.8 Å². The molecule has 0 aliphatic carbocycles. The normalized spacial score (nSPS) is 10.2. The summed E-state index contributed by atoms with van der Waals surface area (Å²) >= 11 is 0. The lowest BCUT2D eigenvalue weighted by Crippen LogP contribution is -2.11. The van der Waals surface area contributed by atoms with Crippen LogP contribution in [0.2, 0.25) is 0 Å². The monoisotopic (exact) mass is 315 g/mol. The van der Waals surface area contributed by atoms with Crippen molar-refractivity contribution in [1.29, 1.82) is 0 Å². The number of ether oxygens (including phenoxy) is 1. The Hall–Kier alpha value is -3.09. The van der Waals surface area contributed by atoms with Gasteiger partial charge in [0.1, 0.15) is 6.61 Å². The molecule has 1 amide bonds. The Kier molecular flexibility index (Phi) is 4.80. The molecule has 7 nitrogen and oxygen atoms in total. The highest BCUT2D eigenvalue weighted by atomic mass is 16.6. The standard InChI is InChI=1S/C16H17N3O4/c1-18(2)13-7-8-14(19(21)22)15(9-13)23-10-11-3-5-12(6-4-11)16(17)20/h3-9H,10H2,1-2H3,(H2,17,20). The zero-order chi connectivity index (χ0) is 17.0. The Morgan fingerprint density at radius 3 is 2.39 bits per heavy atom. The van der Waals surface area contributed by atoms with Gasteiger partial charge in [-0.2, -0.15) is 0 Å². The van der Waals surface area contributed by atoms with Crippen molar-refractivity contribution in [2.24, 2.45) is 5.73 Å². The van der Waals surface area contributed by atoms with Crippen LogP contribution >= 0.6 is 0 Å². The molecule has 0 bridgehead atoms. The molecule has 0 saturated heterocycles. The van der Waals surface area contributed by atoms with Gasteiger partial charge < -0.3 is 15.4 Å². The van der Waals surface area contributed by atoms with Crippen molar-refractivity contribution >= 4 is 17.3 Å². The topological polar surface area (TPSA) is 98.7 Å². The highest BCUT2D eigenvalue weighted by Crippen LogP contribution is 2.31. The lowest BCUT2D eigenvalue weighted by molar-refractivity contribution is -0.385. The predicted molar refractivity (Wildman–Crippen MR) is 86.7 cm³/mol. The summed E-state index contributed by atoms with van der Waals surface area (Å²) in [4.78, 5) is 23.5. The second-order valence-corrected chi connectivity index (χ2v) is 5.15. The lowest BCUT2D eigenvalue weighted by Gasteiger charge is -2.14. The fraction of sp³-hybridized carbons (Fsp3) is 0.188. The number of carbonyl (C=O) groups is 1. The molecule has 2 rings (SSSR count). The van der Waals surface area contributed by atoms with Gasteiger partial charge in [0.05, 0.1) is 4.92 Å². The van der Waals surface area contributed by atoms with Gasteiger partial charge in [0.2, 0.25) is 5.91 Å². The number of anilines is 1. The van der Waals surface area contributed by atoms with Crippen LogP contribution in [0.25, 0.3) is 0 Å². The van der Waals surface area contributed by atoms with Gasteiger partial charge in [0.15, 0.2) is 5.75 Å². The minimum absolute atomic E-state index is 0.0932. The fourth-order valence-electron chi connectivity index (χ4n) is 1.97. The van der Waals surface area contributed by atoms with Crippen LogP contribution in [0.15, 0.2) is 42.5 Å². The van der Waals surface area contributed by atoms with Crippen molar-refractivity contribution in [2.45, 2.75) is 6.61 Å². The molecule has 120 valence electrons. The molecule has 2 aromatic rings. The van der Waals surface area contributed by atoms with Crippen molar-refractivity contribution in [2.75, 3.05) is 19.0 Å². The van der Waals surface area contributed by atoms with Gasteiger partial charge in [0.25, 0.3) is 0 Å². The molecule has 2 N–H and O–H groups in total. The van der Waals surface area contributed by atoms with Crippen LogP contribution in [-0.4, -0.2) is 24.9 Å². The molecular weight excluding hydrogens is 298 g/mol. The van der Waals surface area contributed by atoms with Crippen LogP contribution in [0.3, 0.4) is 0 Å². The SMILES string of the molecule is CN(C)c1ccc([N+](=O)[O-])c(OCc2ccc(C(N)=O)cc2)c1. The Morgan fingerprint density at radius 1 is 1.22 bits per heavy atom. The zero-order valence-electron chi connectivity index (χ0n) is 12.9. The summed E-state index contributed by atoms with van der Waals surface area (Å²) in [6.07, 6.45) is 0. The Bertz CT molecular complexity index is 727. The van der Waals surface area contributed by atoms with E-state index in [9.17, 15) is 14.9 Å². The third kappa shape index (κ3) is 3.97. The summed E-state index contributed by atoms with van der Waals surface area (Å²) in [6.45, 7) is 0.150. The number of rotatable bonds is 6. The molecule has 0 aliphatic rings. The quantitative estimate of drug-likeness (QED) is 0.651. The summed E-state index contributed by atoms with van der Waals surface area (Å²) < 4.78 is 5.59. The number of hydrogen-bond donors (Lipinski definition) is 1. The fourth-order valence-corrected chi connectivity index (χ4v) is 1.97. The molecule has 0 saturated carbocycles. The second kappa shape index (κ2) is 6.78. The lowest BCUT2D eigenvalue weighted by atomic mass is 10.1. The van der Waals surface area contributed by atoms with Crippen LogP contribution < -0.4 is 15.4 Å². The predicted octanol–water partition coefficient (Wildman–Crippen LogP) is 2.34. The van der Waals surface area contributed by atoms with Crippen LogP contribution in [0.4, 0.5) is 11.4 Å². The van der Waals surface area contributed by atoms with E-state index >= 15 is 0 Å². The summed E-state index contributed by atoms with van der Waals surface area (Å²) in [6, 6.07) is 11.3. The first-order chi connectivity index (χ1) is 10.9. The highest BCUT2D eigenvalue weighted by Gasteiger charge is 2.16. The molecule has 7 heteroatoms. The molecule has 0 unspecified atom stereocenters. The number of nitrogens with zero attached hydrogens (tertiary/aromatic N) is 2. The van der Waals surface area contributed by atoms with Gasteiger partial charge in [-0.25, -0.2) is 0 Å². The van der Waals surface area contributed by atoms with Gasteiger partial charge in [0, 0.05) is 37.5 Å². The molecular formula is C16H17N3O4. The highest BCUT2D eigenvalue weighted by molar-refractivity contribution is 5.92. The van der Waals surface area contributed by atoms with E-state index in [1.807, 2.05) is 19.0 Å². The molecule has 0 aliphatic heterocycles. The van der Waals surface area contributed by atoms with E-state index in [-0.39, 0.29) is 18.0 Å². The van der Waals surface area contributed by atoms with E-state index in [1.54, 1.807) is 36.4 Å². The summed E-state index contributed by atoms with van der Waals surface area (Å²) in [5.74, 6) is -0.313. The number of carbonyl (C=O) groups excluding carboxylic acids is 1. The van der Waals surface area contributed by atoms with E-state index in [4.69, 9.17) is 10.5 Å². The number of primary amides is 1. The molecule has 0 radical (unpaired) electrons. The van der Waals surface area contributed by atoms with Crippen molar-refractivity contribution in [1.82, 2.24) is 0 Å². The molecule has 23 heavy (non-hydrogen) atoms. The number of nitro groups is 1. The van der Waals surface area contributed by atoms with E-state index in [2.05, 4.69) is 0 Å². The molecule has 0 spiro atoms. The molecule has 0 heterocycles. The number of benzene rings is 2. The van der Waals surface area contributed by atoms with E-state index in [0.717, 1.165) is 11.3 Å². The van der Waals surface area contributed by atoms with Gasteiger partial charge >= 0.3 is 5.69 Å². The smallest absolute Gasteiger partial charge is 0.311 e. The summed E-state index contributed by atoms with van der Waals surface area (Å²) in [5, 5.41) is 11.1. The third-order valence-electron chi connectivity index (χ3n) is 3.29. The van der Waals surface area contributed by atoms with Crippen molar-refractivity contribution < 1.29 is 14.5 Å². The van der Waals surface area contributed by atoms with Crippen molar-refractivity contribution in [3.05, 3.63) is 63.7 Å². The van der Waals surface area contributed by atoms with Crippen molar-refractivity contribution in [3.8, 4) is 5.75 Å². The Morgan fingerprint density at radius 2 is 1.87 bits per heavy atom. The summed E-state index contributed by atoms with van der Waals surface area (Å²) in [7, 11) is 3.68. The van der Waals surface area contributed by atoms with Crippen molar-refractivity contribution in [3.63, 3.8) is 0 Å². The number of nitro benzene ring substituents is 1. The number of hydrogen-bond acceptors (Lipinski definition) is 5. The van der Waals surface area contributed by atoms with E-state index in [1.165, 1.54) is 6.07 Å². The van der Waals surface area contributed by atoms with Gasteiger partial charge in [-0.15, -0.1) is 0 Å². The van der Waals surface area contributed by atoms with Crippen LogP contribution in [-0.2, 0) is 6.61 Å². The maximum atomic E-state index is 11.1. The first-order valence-electron chi connectivity index (χ1n) is 6.86. The minimum Gasteiger partial charge on any atom is -0.482 e. The van der Waals surface area contributed by atoms with Crippen LogP contribution in [0.5, 0.6) is 5.75 Å². The van der Waals surface area contributed by atoms with Crippen LogP contribution in [0, 0.1) is 10.1 Å². The maximum Gasteiger partial charge on any atom is 0.311 e. The Balaban J connectivity index is 2.19. The largest absolute Gasteiger partial charge is 0.482 e. The summed E-state index contributed by atoms with van der Waals surface area (Å²) in [5.41, 5.74) is 7.06. The number of nitrogens with two attached hydrogens (primary N) is 1. The Labute approximate surface area is 133 Å². The van der Waals surface area contributed by atoms with Gasteiger partial charge in [-0.05, 0) is 23.8 Å². The molecule has 0 atom stereocenters. The minimum atomic E-state index is -0.508. The van der Waals surface area contributed by atoms with Gasteiger partial charge in [-0.1, -0.05) is 12.1 Å². The van der Waals surface area contributed by atoms with Gasteiger partial charge in [-0.3, -0.25) is 14.9 Å². The molecule has 0 fully saturated rings. The van der Waals surface area contributed by atoms with Crippen LogP contribution in [0.1, 0.15) is 15.9 Å². The number of amides is 1. The molecule has 0 aromatic heterocycles. The first kappa shape index (κ1) is 16.3. The first-order valence-corrected chi connectivity index (χ1v) is 6.86. The molecule has 2 aromatic carbocycles.